The second-order valence-corrected chi connectivity index (χ2v) is 5.22. The highest BCUT2D eigenvalue weighted by molar-refractivity contribution is 5.26. The lowest BCUT2D eigenvalue weighted by Gasteiger charge is -2.39. The summed E-state index contributed by atoms with van der Waals surface area (Å²) in [6.45, 7) is 4.67. The van der Waals surface area contributed by atoms with Crippen molar-refractivity contribution < 1.29 is 5.11 Å². The zero-order valence-electron chi connectivity index (χ0n) is 8.77. The summed E-state index contributed by atoms with van der Waals surface area (Å²) >= 11 is 0. The second-order valence-electron chi connectivity index (χ2n) is 5.22. The minimum Gasteiger partial charge on any atom is -0.393 e. The Balaban J connectivity index is 2.29. The van der Waals surface area contributed by atoms with Crippen LogP contribution >= 0.6 is 0 Å². The van der Waals surface area contributed by atoms with Gasteiger partial charge >= 0.3 is 0 Å². The number of aliphatic hydroxyl groups excluding tert-OH is 1. The van der Waals surface area contributed by atoms with Crippen LogP contribution in [0, 0.1) is 5.41 Å². The van der Waals surface area contributed by atoms with Crippen molar-refractivity contribution in [1.29, 1.82) is 0 Å². The molecule has 1 unspecified atom stereocenters. The largest absolute Gasteiger partial charge is 0.393 e. The van der Waals surface area contributed by atoms with Crippen LogP contribution in [0.3, 0.4) is 0 Å². The Labute approximate surface area is 80.8 Å². The van der Waals surface area contributed by atoms with E-state index in [4.69, 9.17) is 0 Å². The molecule has 0 spiro atoms. The Morgan fingerprint density at radius 2 is 2.08 bits per heavy atom. The summed E-state index contributed by atoms with van der Waals surface area (Å²) in [5.41, 5.74) is 3.62. The lowest BCUT2D eigenvalue weighted by atomic mass is 9.67. The molecule has 0 heterocycles. The Kier molecular flexibility index (Phi) is 2.23. The molecule has 0 aromatic heterocycles. The molecule has 0 saturated carbocycles. The summed E-state index contributed by atoms with van der Waals surface area (Å²) in [6, 6.07) is 0. The average molecular weight is 180 g/mol. The first-order valence-electron chi connectivity index (χ1n) is 5.49. The maximum atomic E-state index is 9.65. The fraction of sp³-hybridized carbons (Fsp3) is 0.833. The summed E-state index contributed by atoms with van der Waals surface area (Å²) < 4.78 is 0. The van der Waals surface area contributed by atoms with Crippen LogP contribution in [0.5, 0.6) is 0 Å². The van der Waals surface area contributed by atoms with Gasteiger partial charge in [0.15, 0.2) is 0 Å². The minimum atomic E-state index is -0.0591. The Bertz CT molecular complexity index is 238. The van der Waals surface area contributed by atoms with Crippen LogP contribution < -0.4 is 0 Å². The molecule has 0 fully saturated rings. The minimum absolute atomic E-state index is 0.0591. The molecule has 0 bridgehead atoms. The van der Waals surface area contributed by atoms with Gasteiger partial charge in [-0.3, -0.25) is 0 Å². The molecule has 0 radical (unpaired) electrons. The van der Waals surface area contributed by atoms with Gasteiger partial charge in [-0.15, -0.1) is 0 Å². The van der Waals surface area contributed by atoms with Crippen LogP contribution in [0.1, 0.15) is 52.4 Å². The van der Waals surface area contributed by atoms with Gasteiger partial charge in [-0.2, -0.15) is 0 Å². The highest BCUT2D eigenvalue weighted by atomic mass is 16.3. The monoisotopic (exact) mass is 180 g/mol. The molecule has 1 N–H and O–H groups in total. The molecule has 0 aromatic carbocycles. The molecule has 2 aliphatic rings. The third-order valence-electron chi connectivity index (χ3n) is 3.74. The maximum Gasteiger partial charge on any atom is 0.0580 e. The van der Waals surface area contributed by atoms with Crippen LogP contribution in [0.2, 0.25) is 0 Å². The van der Waals surface area contributed by atoms with Crippen LogP contribution in [0.4, 0.5) is 0 Å². The van der Waals surface area contributed by atoms with E-state index in [-0.39, 0.29) is 6.10 Å². The van der Waals surface area contributed by atoms with Crippen LogP contribution in [-0.2, 0) is 0 Å². The molecule has 13 heavy (non-hydrogen) atoms. The lowest BCUT2D eigenvalue weighted by Crippen LogP contribution is -2.27. The molecule has 0 aromatic rings. The predicted octanol–water partition coefficient (Wildman–Crippen LogP) is 3.04. The maximum absolute atomic E-state index is 9.65. The third-order valence-corrected chi connectivity index (χ3v) is 3.74. The Hall–Kier alpha value is -0.300. The highest BCUT2D eigenvalue weighted by Crippen LogP contribution is 2.46. The molecular formula is C12H20O. The van der Waals surface area contributed by atoms with Gasteiger partial charge in [-0.05, 0) is 43.9 Å². The summed E-state index contributed by atoms with van der Waals surface area (Å²) in [7, 11) is 0. The fourth-order valence-electron chi connectivity index (χ4n) is 2.90. The number of hydrogen-bond donors (Lipinski definition) is 1. The van der Waals surface area contributed by atoms with E-state index < -0.39 is 0 Å². The van der Waals surface area contributed by atoms with E-state index in [1.54, 1.807) is 11.1 Å². The first-order chi connectivity index (χ1) is 6.09. The quantitative estimate of drug-likeness (QED) is 0.568. The van der Waals surface area contributed by atoms with Crippen molar-refractivity contribution in [1.82, 2.24) is 0 Å². The van der Waals surface area contributed by atoms with Crippen molar-refractivity contribution in [3.63, 3.8) is 0 Å². The zero-order chi connectivity index (χ0) is 9.47. The van der Waals surface area contributed by atoms with Crippen molar-refractivity contribution in [2.75, 3.05) is 0 Å². The van der Waals surface area contributed by atoms with Crippen molar-refractivity contribution >= 4 is 0 Å². The summed E-state index contributed by atoms with van der Waals surface area (Å²) in [4.78, 5) is 0. The SMILES string of the molecule is CC1(C)CCCC2=C1CC(O)CC2. The van der Waals surface area contributed by atoms with E-state index in [2.05, 4.69) is 13.8 Å². The van der Waals surface area contributed by atoms with Crippen molar-refractivity contribution in [3.05, 3.63) is 11.1 Å². The topological polar surface area (TPSA) is 20.2 Å². The van der Waals surface area contributed by atoms with Gasteiger partial charge in [0.1, 0.15) is 0 Å². The fourth-order valence-corrected chi connectivity index (χ4v) is 2.90. The number of allylic oxidation sites excluding steroid dienone is 1. The van der Waals surface area contributed by atoms with E-state index in [1.165, 1.54) is 19.3 Å². The molecular weight excluding hydrogens is 160 g/mol. The standard InChI is InChI=1S/C12H20O/c1-12(2)7-3-4-9-5-6-10(13)8-11(9)12/h10,13H,3-8H2,1-2H3. The van der Waals surface area contributed by atoms with E-state index in [9.17, 15) is 5.11 Å². The van der Waals surface area contributed by atoms with Gasteiger partial charge in [-0.1, -0.05) is 25.0 Å². The number of rotatable bonds is 0. The number of hydrogen-bond acceptors (Lipinski definition) is 1. The van der Waals surface area contributed by atoms with Crippen molar-refractivity contribution in [3.8, 4) is 0 Å². The van der Waals surface area contributed by atoms with E-state index in [0.717, 1.165) is 19.3 Å². The van der Waals surface area contributed by atoms with Gasteiger partial charge in [-0.25, -0.2) is 0 Å². The molecule has 2 rings (SSSR count). The lowest BCUT2D eigenvalue weighted by molar-refractivity contribution is 0.142. The molecule has 0 saturated heterocycles. The molecule has 1 nitrogen and oxygen atoms in total. The summed E-state index contributed by atoms with van der Waals surface area (Å²) in [5, 5.41) is 9.65. The zero-order valence-corrected chi connectivity index (χ0v) is 8.77. The second kappa shape index (κ2) is 3.13. The normalized spacial score (nSPS) is 33.0. The Morgan fingerprint density at radius 1 is 1.31 bits per heavy atom. The predicted molar refractivity (Wildman–Crippen MR) is 54.5 cm³/mol. The van der Waals surface area contributed by atoms with E-state index in [0.29, 0.717) is 5.41 Å². The van der Waals surface area contributed by atoms with Gasteiger partial charge in [0.2, 0.25) is 0 Å². The third kappa shape index (κ3) is 1.67. The molecule has 2 aliphatic carbocycles. The van der Waals surface area contributed by atoms with Gasteiger partial charge in [0.25, 0.3) is 0 Å². The number of aliphatic hydroxyl groups is 1. The van der Waals surface area contributed by atoms with Gasteiger partial charge < -0.3 is 5.11 Å². The molecule has 0 aliphatic heterocycles. The van der Waals surface area contributed by atoms with Gasteiger partial charge in [0, 0.05) is 0 Å². The van der Waals surface area contributed by atoms with Crippen LogP contribution in [0.25, 0.3) is 0 Å². The van der Waals surface area contributed by atoms with E-state index >= 15 is 0 Å². The average Bonchev–Trinajstić information content (AvgIpc) is 2.06. The molecule has 0 amide bonds. The molecule has 1 heteroatoms. The first kappa shape index (κ1) is 9.26. The first-order valence-corrected chi connectivity index (χ1v) is 5.49. The van der Waals surface area contributed by atoms with Crippen molar-refractivity contribution in [2.45, 2.75) is 58.5 Å². The summed E-state index contributed by atoms with van der Waals surface area (Å²) in [5.74, 6) is 0. The molecule has 74 valence electrons. The van der Waals surface area contributed by atoms with E-state index in [1.807, 2.05) is 0 Å². The smallest absolute Gasteiger partial charge is 0.0580 e. The Morgan fingerprint density at radius 3 is 2.85 bits per heavy atom. The van der Waals surface area contributed by atoms with Crippen LogP contribution in [-0.4, -0.2) is 11.2 Å². The van der Waals surface area contributed by atoms with Gasteiger partial charge in [0.05, 0.1) is 6.10 Å². The molecule has 1 atom stereocenters. The van der Waals surface area contributed by atoms with Crippen LogP contribution in [0.15, 0.2) is 11.1 Å². The summed E-state index contributed by atoms with van der Waals surface area (Å²) in [6.07, 6.45) is 6.99. The van der Waals surface area contributed by atoms with Crippen molar-refractivity contribution in [2.24, 2.45) is 5.41 Å². The highest BCUT2D eigenvalue weighted by Gasteiger charge is 2.33.